The molecule has 0 amide bonds. The molecule has 0 aliphatic carbocycles. The normalized spacial score (nSPS) is 10.7. The summed E-state index contributed by atoms with van der Waals surface area (Å²) in [6, 6.07) is 8.46. The van der Waals surface area contributed by atoms with Crippen molar-refractivity contribution in [3.63, 3.8) is 0 Å². The lowest BCUT2D eigenvalue weighted by molar-refractivity contribution is -0.136. The molecule has 0 bridgehead atoms. The van der Waals surface area contributed by atoms with Gasteiger partial charge in [0.2, 0.25) is 5.71 Å². The number of hydrogen-bond acceptors (Lipinski definition) is 7. The Hall–Kier alpha value is -2.70. The maximum absolute atomic E-state index is 11.6. The fourth-order valence-electron chi connectivity index (χ4n) is 1.38. The van der Waals surface area contributed by atoms with Crippen LogP contribution in [0.15, 0.2) is 35.5 Å². The molecule has 0 aromatic heterocycles. The van der Waals surface area contributed by atoms with Gasteiger partial charge >= 0.3 is 11.9 Å². The molecule has 0 saturated carbocycles. The zero-order valence-electron chi connectivity index (χ0n) is 12.4. The second kappa shape index (κ2) is 9.28. The molecular formula is C15H17NO6. The molecule has 118 valence electrons. The van der Waals surface area contributed by atoms with E-state index in [1.54, 1.807) is 37.3 Å². The number of carbonyl (C=O) groups is 3. The first-order chi connectivity index (χ1) is 10.6. The van der Waals surface area contributed by atoms with Crippen molar-refractivity contribution in [2.45, 2.75) is 13.8 Å². The maximum atomic E-state index is 11.6. The number of oxime groups is 1. The largest absolute Gasteiger partial charge is 0.461 e. The van der Waals surface area contributed by atoms with Gasteiger partial charge in [0.25, 0.3) is 0 Å². The minimum Gasteiger partial charge on any atom is -0.461 e. The van der Waals surface area contributed by atoms with Crippen LogP contribution in [0.5, 0.6) is 0 Å². The fraction of sp³-hybridized carbons (Fsp3) is 0.333. The minimum atomic E-state index is -0.851. The lowest BCUT2D eigenvalue weighted by Gasteiger charge is -2.05. The zero-order chi connectivity index (χ0) is 16.4. The van der Waals surface area contributed by atoms with Crippen LogP contribution in [-0.2, 0) is 23.9 Å². The van der Waals surface area contributed by atoms with Crippen LogP contribution in [0, 0.1) is 0 Å². The molecule has 0 spiro atoms. The maximum Gasteiger partial charge on any atom is 0.364 e. The molecule has 0 heterocycles. The number of benzene rings is 1. The minimum absolute atomic E-state index is 0.0642. The Morgan fingerprint density at radius 3 is 2.32 bits per heavy atom. The molecule has 1 aromatic rings. The van der Waals surface area contributed by atoms with Crippen molar-refractivity contribution in [1.82, 2.24) is 0 Å². The summed E-state index contributed by atoms with van der Waals surface area (Å²) in [5.74, 6) is -1.92. The third kappa shape index (κ3) is 5.74. The fourth-order valence-corrected chi connectivity index (χ4v) is 1.38. The summed E-state index contributed by atoms with van der Waals surface area (Å²) >= 11 is 0. The van der Waals surface area contributed by atoms with Gasteiger partial charge in [0.1, 0.15) is 6.61 Å². The van der Waals surface area contributed by atoms with Gasteiger partial charge in [0, 0.05) is 6.92 Å². The van der Waals surface area contributed by atoms with Crippen LogP contribution in [0.1, 0.15) is 24.2 Å². The monoisotopic (exact) mass is 307 g/mol. The molecule has 0 fully saturated rings. The van der Waals surface area contributed by atoms with Crippen molar-refractivity contribution in [3.05, 3.63) is 35.9 Å². The molecule has 7 heteroatoms. The van der Waals surface area contributed by atoms with E-state index in [-0.39, 0.29) is 19.8 Å². The number of carbonyl (C=O) groups excluding carboxylic acids is 3. The Bertz CT molecular complexity index is 552. The molecule has 0 aliphatic heterocycles. The summed E-state index contributed by atoms with van der Waals surface area (Å²) in [5, 5.41) is 3.41. The van der Waals surface area contributed by atoms with Crippen molar-refractivity contribution in [1.29, 1.82) is 0 Å². The van der Waals surface area contributed by atoms with E-state index in [0.717, 1.165) is 0 Å². The van der Waals surface area contributed by atoms with Crippen molar-refractivity contribution in [2.24, 2.45) is 5.16 Å². The van der Waals surface area contributed by atoms with Crippen LogP contribution in [0.25, 0.3) is 0 Å². The number of Topliss-reactive ketones (excluding diaryl/α,β-unsaturated/α-hetero) is 1. The van der Waals surface area contributed by atoms with Gasteiger partial charge in [-0.3, -0.25) is 4.79 Å². The quantitative estimate of drug-likeness (QED) is 0.237. The lowest BCUT2D eigenvalue weighted by atomic mass is 10.2. The Balaban J connectivity index is 2.39. The van der Waals surface area contributed by atoms with Gasteiger partial charge in [-0.1, -0.05) is 23.4 Å². The van der Waals surface area contributed by atoms with Crippen LogP contribution in [0.2, 0.25) is 0 Å². The van der Waals surface area contributed by atoms with Crippen molar-refractivity contribution >= 4 is 23.4 Å². The second-order valence-electron chi connectivity index (χ2n) is 4.05. The topological polar surface area (TPSA) is 91.3 Å². The highest BCUT2D eigenvalue weighted by Gasteiger charge is 2.18. The van der Waals surface area contributed by atoms with Crippen LogP contribution < -0.4 is 0 Å². The van der Waals surface area contributed by atoms with Gasteiger partial charge in [-0.05, 0) is 19.1 Å². The summed E-state index contributed by atoms with van der Waals surface area (Å²) in [6.07, 6.45) is 0. The standard InChI is InChI=1S/C15H17NO6/c1-3-20-15(19)13(11(2)17)16-22-10-9-21-14(18)12-7-5-4-6-8-12/h4-8H,3,9-10H2,1-2H3/b16-13-. The van der Waals surface area contributed by atoms with Crippen molar-refractivity contribution < 1.29 is 28.7 Å². The van der Waals surface area contributed by atoms with Crippen LogP contribution >= 0.6 is 0 Å². The van der Waals surface area contributed by atoms with E-state index in [2.05, 4.69) is 9.89 Å². The van der Waals surface area contributed by atoms with Crippen LogP contribution in [0.3, 0.4) is 0 Å². The van der Waals surface area contributed by atoms with E-state index in [1.165, 1.54) is 6.92 Å². The van der Waals surface area contributed by atoms with Crippen LogP contribution in [-0.4, -0.2) is 43.3 Å². The molecule has 0 radical (unpaired) electrons. The van der Waals surface area contributed by atoms with Crippen molar-refractivity contribution in [2.75, 3.05) is 19.8 Å². The molecule has 0 saturated heterocycles. The van der Waals surface area contributed by atoms with Gasteiger partial charge in [-0.15, -0.1) is 0 Å². The number of rotatable bonds is 8. The molecular weight excluding hydrogens is 290 g/mol. The molecule has 0 N–H and O–H groups in total. The summed E-state index contributed by atoms with van der Waals surface area (Å²) in [5.41, 5.74) is -0.0156. The highest BCUT2D eigenvalue weighted by molar-refractivity contribution is 6.63. The molecule has 0 aliphatic rings. The Labute approximate surface area is 127 Å². The summed E-state index contributed by atoms with van der Waals surface area (Å²) in [7, 11) is 0. The zero-order valence-corrected chi connectivity index (χ0v) is 12.4. The summed E-state index contributed by atoms with van der Waals surface area (Å²) < 4.78 is 9.61. The van der Waals surface area contributed by atoms with Gasteiger partial charge in [0.05, 0.1) is 12.2 Å². The Kier molecular flexibility index (Phi) is 7.32. The number of ether oxygens (including phenoxy) is 2. The smallest absolute Gasteiger partial charge is 0.364 e. The molecule has 0 unspecified atom stereocenters. The average Bonchev–Trinajstić information content (AvgIpc) is 2.51. The van der Waals surface area contributed by atoms with E-state index in [1.807, 2.05) is 0 Å². The number of ketones is 1. The molecule has 1 aromatic carbocycles. The van der Waals surface area contributed by atoms with Crippen molar-refractivity contribution in [3.8, 4) is 0 Å². The Morgan fingerprint density at radius 1 is 1.05 bits per heavy atom. The molecule has 22 heavy (non-hydrogen) atoms. The SMILES string of the molecule is CCOC(=O)/C(=N\OCCOC(=O)c1ccccc1)C(C)=O. The summed E-state index contributed by atoms with van der Waals surface area (Å²) in [6.45, 7) is 2.76. The first-order valence-electron chi connectivity index (χ1n) is 6.66. The number of nitrogens with zero attached hydrogens (tertiary/aromatic N) is 1. The third-order valence-corrected chi connectivity index (χ3v) is 2.38. The second-order valence-corrected chi connectivity index (χ2v) is 4.05. The molecule has 0 atom stereocenters. The first-order valence-corrected chi connectivity index (χ1v) is 6.66. The van der Waals surface area contributed by atoms with E-state index in [0.29, 0.717) is 5.56 Å². The summed E-state index contributed by atoms with van der Waals surface area (Å²) in [4.78, 5) is 39.0. The van der Waals surface area contributed by atoms with Gasteiger partial charge in [0.15, 0.2) is 12.4 Å². The van der Waals surface area contributed by atoms with E-state index < -0.39 is 23.4 Å². The molecule has 1 rings (SSSR count). The number of hydrogen-bond donors (Lipinski definition) is 0. The average molecular weight is 307 g/mol. The van der Waals surface area contributed by atoms with Gasteiger partial charge in [-0.2, -0.15) is 0 Å². The first kappa shape index (κ1) is 17.4. The Morgan fingerprint density at radius 2 is 1.73 bits per heavy atom. The van der Waals surface area contributed by atoms with Gasteiger partial charge < -0.3 is 14.3 Å². The van der Waals surface area contributed by atoms with E-state index in [9.17, 15) is 14.4 Å². The predicted molar refractivity (Wildman–Crippen MR) is 77.4 cm³/mol. The van der Waals surface area contributed by atoms with E-state index >= 15 is 0 Å². The highest BCUT2D eigenvalue weighted by Crippen LogP contribution is 2.00. The predicted octanol–water partition coefficient (Wildman–Crippen LogP) is 1.37. The van der Waals surface area contributed by atoms with Crippen LogP contribution in [0.4, 0.5) is 0 Å². The number of esters is 2. The van der Waals surface area contributed by atoms with Gasteiger partial charge in [-0.25, -0.2) is 9.59 Å². The lowest BCUT2D eigenvalue weighted by Crippen LogP contribution is -2.25. The van der Waals surface area contributed by atoms with E-state index in [4.69, 9.17) is 9.57 Å². The third-order valence-electron chi connectivity index (χ3n) is 2.38. The molecule has 7 nitrogen and oxygen atoms in total. The highest BCUT2D eigenvalue weighted by atomic mass is 16.6.